The van der Waals surface area contributed by atoms with E-state index in [4.69, 9.17) is 15.2 Å². The zero-order valence-corrected chi connectivity index (χ0v) is 41.4. The van der Waals surface area contributed by atoms with Gasteiger partial charge >= 0.3 is 6.16 Å². The van der Waals surface area contributed by atoms with E-state index in [2.05, 4.69) is 20.8 Å². The summed E-state index contributed by atoms with van der Waals surface area (Å²) < 4.78 is 10.5. The number of ether oxygens (including phenoxy) is 2. The van der Waals surface area contributed by atoms with E-state index in [0.717, 1.165) is 32.2 Å². The molecule has 0 aromatic carbocycles. The highest BCUT2D eigenvalue weighted by molar-refractivity contribution is 5.59. The molecular formula is C55H113NO3. The van der Waals surface area contributed by atoms with Gasteiger partial charge in [0.25, 0.3) is 0 Å². The summed E-state index contributed by atoms with van der Waals surface area (Å²) in [5, 5.41) is 0. The number of hydrogen-bond donors (Lipinski definition) is 1. The van der Waals surface area contributed by atoms with E-state index in [0.29, 0.717) is 13.2 Å². The van der Waals surface area contributed by atoms with Gasteiger partial charge in [0.05, 0.1) is 13.2 Å². The summed E-state index contributed by atoms with van der Waals surface area (Å²) in [7, 11) is 0. The summed E-state index contributed by atoms with van der Waals surface area (Å²) >= 11 is 0. The minimum absolute atomic E-state index is 0.470. The summed E-state index contributed by atoms with van der Waals surface area (Å²) in [4.78, 5) is 11.7. The average Bonchev–Trinajstić information content (AvgIpc) is 3.24. The van der Waals surface area contributed by atoms with Gasteiger partial charge in [0.1, 0.15) is 0 Å². The van der Waals surface area contributed by atoms with Gasteiger partial charge in [-0.3, -0.25) is 0 Å². The maximum Gasteiger partial charge on any atom is 0.508 e. The van der Waals surface area contributed by atoms with Gasteiger partial charge in [-0.2, -0.15) is 0 Å². The van der Waals surface area contributed by atoms with Crippen molar-refractivity contribution in [2.24, 2.45) is 5.73 Å². The minimum atomic E-state index is -0.470. The fourth-order valence-electron chi connectivity index (χ4n) is 8.35. The van der Waals surface area contributed by atoms with Crippen LogP contribution in [0.4, 0.5) is 4.79 Å². The van der Waals surface area contributed by atoms with E-state index in [9.17, 15) is 4.79 Å². The van der Waals surface area contributed by atoms with Gasteiger partial charge in [-0.05, 0) is 25.8 Å². The van der Waals surface area contributed by atoms with E-state index in [1.54, 1.807) is 0 Å². The van der Waals surface area contributed by atoms with Gasteiger partial charge in [0, 0.05) is 0 Å². The zero-order valence-electron chi connectivity index (χ0n) is 41.4. The third kappa shape index (κ3) is 61.6. The fraction of sp³-hybridized carbons (Fsp3) is 0.982. The summed E-state index contributed by atoms with van der Waals surface area (Å²) in [6, 6.07) is 0. The predicted molar refractivity (Wildman–Crippen MR) is 265 cm³/mol. The van der Waals surface area contributed by atoms with Crippen LogP contribution in [-0.4, -0.2) is 25.9 Å². The van der Waals surface area contributed by atoms with Crippen LogP contribution in [-0.2, 0) is 9.47 Å². The number of rotatable bonds is 50. The molecule has 0 saturated heterocycles. The molecule has 0 bridgehead atoms. The molecule has 2 N–H and O–H groups in total. The highest BCUT2D eigenvalue weighted by atomic mass is 16.7. The van der Waals surface area contributed by atoms with Crippen molar-refractivity contribution in [3.63, 3.8) is 0 Å². The molecule has 59 heavy (non-hydrogen) atoms. The topological polar surface area (TPSA) is 61.5 Å². The molecule has 0 fully saturated rings. The van der Waals surface area contributed by atoms with Gasteiger partial charge < -0.3 is 15.2 Å². The van der Waals surface area contributed by atoms with Crippen LogP contribution in [0.2, 0.25) is 0 Å². The highest BCUT2D eigenvalue weighted by Crippen LogP contribution is 2.17. The first-order chi connectivity index (χ1) is 29.2. The van der Waals surface area contributed by atoms with Crippen molar-refractivity contribution < 1.29 is 14.3 Å². The van der Waals surface area contributed by atoms with E-state index in [-0.39, 0.29) is 0 Å². The van der Waals surface area contributed by atoms with Crippen LogP contribution in [0.15, 0.2) is 0 Å². The number of hydrogen-bond acceptors (Lipinski definition) is 4. The fourth-order valence-corrected chi connectivity index (χ4v) is 8.35. The lowest BCUT2D eigenvalue weighted by Crippen LogP contribution is -2.09. The molecule has 0 rings (SSSR count). The van der Waals surface area contributed by atoms with Crippen molar-refractivity contribution in [2.45, 2.75) is 329 Å². The van der Waals surface area contributed by atoms with Gasteiger partial charge in [-0.15, -0.1) is 0 Å². The minimum Gasteiger partial charge on any atom is -0.434 e. The number of carbonyl (C=O) groups is 1. The standard InChI is InChI=1S/C37H74O3.C18H39N/c1-3-5-7-9-11-13-15-17-19-21-23-25-27-29-31-33-35-39-37(38)40-36-34-32-30-28-26-24-22-20-18-16-14-12-10-8-6-4-2;1-2-3-4-5-6-7-8-9-10-11-12-13-14-15-16-17-18-19/h3-36H2,1-2H3;2-19H2,1H3. The Hall–Kier alpha value is -0.770. The lowest BCUT2D eigenvalue weighted by Gasteiger charge is -2.07. The monoisotopic (exact) mass is 836 g/mol. The van der Waals surface area contributed by atoms with Crippen LogP contribution in [0.25, 0.3) is 0 Å². The van der Waals surface area contributed by atoms with Crippen molar-refractivity contribution in [1.29, 1.82) is 0 Å². The lowest BCUT2D eigenvalue weighted by molar-refractivity contribution is 0.0529. The van der Waals surface area contributed by atoms with E-state index < -0.39 is 6.16 Å². The molecule has 0 radical (unpaired) electrons. The SMILES string of the molecule is CCCCCCCCCCCCCCCCCCN.CCCCCCCCCCCCCCCCCCOC(=O)OCCCCCCCCCCCCCCCCCC. The molecule has 4 nitrogen and oxygen atoms in total. The Bertz CT molecular complexity index is 658. The molecule has 0 aliphatic rings. The summed E-state index contributed by atoms with van der Waals surface area (Å²) in [5.41, 5.74) is 5.48. The summed E-state index contributed by atoms with van der Waals surface area (Å²) in [6.45, 7) is 8.76. The Kier molecular flexibility index (Phi) is 60.6. The van der Waals surface area contributed by atoms with Crippen molar-refractivity contribution >= 4 is 6.16 Å². The first-order valence-electron chi connectivity index (χ1n) is 27.7. The second kappa shape index (κ2) is 59.3. The lowest BCUT2D eigenvalue weighted by atomic mass is 10.0. The third-order valence-corrected chi connectivity index (χ3v) is 12.5. The van der Waals surface area contributed by atoms with E-state index >= 15 is 0 Å². The summed E-state index contributed by atoms with van der Waals surface area (Å²) in [5.74, 6) is 0. The molecule has 0 atom stereocenters. The van der Waals surface area contributed by atoms with Gasteiger partial charge in [-0.1, -0.05) is 310 Å². The molecule has 0 saturated carbocycles. The molecule has 0 aromatic heterocycles. The Morgan fingerprint density at radius 3 is 0.576 bits per heavy atom. The van der Waals surface area contributed by atoms with Gasteiger partial charge in [0.2, 0.25) is 0 Å². The number of unbranched alkanes of at least 4 members (excludes halogenated alkanes) is 45. The maximum absolute atomic E-state index is 11.7. The Balaban J connectivity index is 0. The Morgan fingerprint density at radius 2 is 0.407 bits per heavy atom. The maximum atomic E-state index is 11.7. The molecule has 4 heteroatoms. The van der Waals surface area contributed by atoms with Crippen molar-refractivity contribution in [3.05, 3.63) is 0 Å². The molecule has 0 aliphatic heterocycles. The van der Waals surface area contributed by atoms with Crippen molar-refractivity contribution in [1.82, 2.24) is 0 Å². The molecule has 0 heterocycles. The highest BCUT2D eigenvalue weighted by Gasteiger charge is 2.04. The molecular weight excluding hydrogens is 723 g/mol. The normalized spacial score (nSPS) is 11.2. The van der Waals surface area contributed by atoms with E-state index in [1.807, 2.05) is 0 Å². The first kappa shape index (κ1) is 60.3. The Morgan fingerprint density at radius 1 is 0.254 bits per heavy atom. The largest absolute Gasteiger partial charge is 0.508 e. The molecule has 0 aromatic rings. The van der Waals surface area contributed by atoms with Crippen molar-refractivity contribution in [2.75, 3.05) is 19.8 Å². The van der Waals surface area contributed by atoms with E-state index in [1.165, 1.54) is 283 Å². The van der Waals surface area contributed by atoms with Gasteiger partial charge in [0.15, 0.2) is 0 Å². The van der Waals surface area contributed by atoms with Crippen LogP contribution in [0.5, 0.6) is 0 Å². The van der Waals surface area contributed by atoms with Crippen LogP contribution in [0.1, 0.15) is 329 Å². The van der Waals surface area contributed by atoms with Crippen molar-refractivity contribution in [3.8, 4) is 0 Å². The third-order valence-electron chi connectivity index (χ3n) is 12.5. The predicted octanol–water partition coefficient (Wildman–Crippen LogP) is 19.9. The molecule has 0 unspecified atom stereocenters. The molecule has 0 aliphatic carbocycles. The quantitative estimate of drug-likeness (QED) is 0.0490. The Labute approximate surface area is 373 Å². The zero-order chi connectivity index (χ0) is 43.1. The average molecular weight is 837 g/mol. The number of carbonyl (C=O) groups excluding carboxylic acids is 1. The number of nitrogens with two attached hydrogens (primary N) is 1. The molecule has 0 spiro atoms. The van der Waals surface area contributed by atoms with Gasteiger partial charge in [-0.25, -0.2) is 4.79 Å². The van der Waals surface area contributed by atoms with Crippen LogP contribution in [0.3, 0.4) is 0 Å². The second-order valence-electron chi connectivity index (χ2n) is 18.6. The van der Waals surface area contributed by atoms with Crippen LogP contribution in [0, 0.1) is 0 Å². The smallest absolute Gasteiger partial charge is 0.434 e. The summed E-state index contributed by atoms with van der Waals surface area (Å²) in [6.07, 6.45) is 65.7. The molecule has 0 amide bonds. The van der Waals surface area contributed by atoms with Crippen LogP contribution < -0.4 is 5.73 Å². The molecule has 356 valence electrons. The first-order valence-corrected chi connectivity index (χ1v) is 27.7. The second-order valence-corrected chi connectivity index (χ2v) is 18.6. The van der Waals surface area contributed by atoms with Crippen LogP contribution >= 0.6 is 0 Å².